The van der Waals surface area contributed by atoms with E-state index in [1.165, 1.54) is 5.56 Å². The summed E-state index contributed by atoms with van der Waals surface area (Å²) in [4.78, 5) is 17.7. The number of piperidine rings is 1. The van der Waals surface area contributed by atoms with E-state index in [0.29, 0.717) is 12.5 Å². The van der Waals surface area contributed by atoms with Crippen molar-refractivity contribution in [1.82, 2.24) is 15.1 Å². The molecule has 0 aliphatic carbocycles. The van der Waals surface area contributed by atoms with Crippen molar-refractivity contribution >= 4 is 5.91 Å². The summed E-state index contributed by atoms with van der Waals surface area (Å²) in [5, 5.41) is 3.36. The van der Waals surface area contributed by atoms with Gasteiger partial charge in [-0.05, 0) is 37.9 Å². The quantitative estimate of drug-likeness (QED) is 0.846. The number of hydrogen-bond acceptors (Lipinski definition) is 4. The molecule has 1 amide bonds. The Hall–Kier alpha value is -1.43. The number of piperazine rings is 1. The fraction of sp³-hybridized carbons (Fsp3) is 0.650. The Balaban J connectivity index is 1.50. The van der Waals surface area contributed by atoms with E-state index in [1.807, 2.05) is 0 Å². The fourth-order valence-corrected chi connectivity index (χ4v) is 4.04. The van der Waals surface area contributed by atoms with E-state index >= 15 is 0 Å². The molecule has 2 aliphatic heterocycles. The highest BCUT2D eigenvalue weighted by Crippen LogP contribution is 2.32. The second-order valence-electron chi connectivity index (χ2n) is 7.33. The van der Waals surface area contributed by atoms with Crippen molar-refractivity contribution in [3.8, 4) is 0 Å². The van der Waals surface area contributed by atoms with E-state index in [9.17, 15) is 4.79 Å². The zero-order chi connectivity index (χ0) is 17.5. The van der Waals surface area contributed by atoms with Gasteiger partial charge in [0, 0.05) is 39.8 Å². The van der Waals surface area contributed by atoms with Crippen LogP contribution in [-0.4, -0.2) is 75.2 Å². The fourth-order valence-electron chi connectivity index (χ4n) is 4.04. The second kappa shape index (κ2) is 8.79. The van der Waals surface area contributed by atoms with Crippen LogP contribution in [0, 0.1) is 5.41 Å². The minimum atomic E-state index is -0.313. The van der Waals surface area contributed by atoms with Gasteiger partial charge in [-0.1, -0.05) is 30.3 Å². The normalized spacial score (nSPS) is 21.2. The van der Waals surface area contributed by atoms with Gasteiger partial charge in [0.15, 0.2) is 0 Å². The molecule has 2 fully saturated rings. The predicted octanol–water partition coefficient (Wildman–Crippen LogP) is 1.39. The molecule has 25 heavy (non-hydrogen) atoms. The third-order valence-corrected chi connectivity index (χ3v) is 5.65. The smallest absolute Gasteiger partial charge is 0.231 e. The number of amides is 1. The van der Waals surface area contributed by atoms with E-state index in [1.54, 1.807) is 7.11 Å². The van der Waals surface area contributed by atoms with Gasteiger partial charge in [0.05, 0.1) is 12.0 Å². The Morgan fingerprint density at radius 3 is 2.44 bits per heavy atom. The third-order valence-electron chi connectivity index (χ3n) is 5.65. The van der Waals surface area contributed by atoms with Gasteiger partial charge in [0.1, 0.15) is 0 Å². The average molecular weight is 345 g/mol. The van der Waals surface area contributed by atoms with Crippen molar-refractivity contribution in [1.29, 1.82) is 0 Å². The Bertz CT molecular complexity index is 530. The van der Waals surface area contributed by atoms with Crippen LogP contribution in [0.15, 0.2) is 30.3 Å². The maximum atomic E-state index is 13.2. The van der Waals surface area contributed by atoms with Crippen molar-refractivity contribution in [3.05, 3.63) is 35.9 Å². The molecule has 0 spiro atoms. The molecule has 138 valence electrons. The van der Waals surface area contributed by atoms with Gasteiger partial charge in [-0.2, -0.15) is 0 Å². The molecule has 1 aromatic rings. The summed E-state index contributed by atoms with van der Waals surface area (Å²) in [5.74, 6) is 0.304. The number of hydrogen-bond donors (Lipinski definition) is 1. The summed E-state index contributed by atoms with van der Waals surface area (Å²) in [6, 6.07) is 10.6. The highest BCUT2D eigenvalue weighted by atomic mass is 16.5. The molecular formula is C20H31N3O2. The molecule has 3 rings (SSSR count). The molecule has 2 heterocycles. The number of nitrogens with one attached hydrogen (secondary N) is 1. The average Bonchev–Trinajstić information content (AvgIpc) is 2.68. The number of carbonyl (C=O) groups excluding carboxylic acids is 1. The highest BCUT2D eigenvalue weighted by Gasteiger charge is 2.42. The summed E-state index contributed by atoms with van der Waals surface area (Å²) in [7, 11) is 1.71. The monoisotopic (exact) mass is 345 g/mol. The molecule has 5 nitrogen and oxygen atoms in total. The highest BCUT2D eigenvalue weighted by molar-refractivity contribution is 5.83. The first-order valence-corrected chi connectivity index (χ1v) is 9.49. The van der Waals surface area contributed by atoms with E-state index in [-0.39, 0.29) is 5.41 Å². The number of nitrogens with zero attached hydrogens (tertiary/aromatic N) is 2. The second-order valence-corrected chi connectivity index (χ2v) is 7.33. The first kappa shape index (κ1) is 18.4. The van der Waals surface area contributed by atoms with E-state index in [2.05, 4.69) is 45.4 Å². The van der Waals surface area contributed by atoms with Crippen LogP contribution in [0.25, 0.3) is 0 Å². The zero-order valence-electron chi connectivity index (χ0n) is 15.4. The molecule has 0 unspecified atom stereocenters. The number of rotatable bonds is 6. The maximum absolute atomic E-state index is 13.2. The van der Waals surface area contributed by atoms with Crippen molar-refractivity contribution in [2.75, 3.05) is 59.5 Å². The Morgan fingerprint density at radius 1 is 1.12 bits per heavy atom. The lowest BCUT2D eigenvalue weighted by atomic mass is 9.78. The van der Waals surface area contributed by atoms with Crippen LogP contribution in [0.4, 0.5) is 0 Å². The van der Waals surface area contributed by atoms with Crippen molar-refractivity contribution in [2.24, 2.45) is 5.41 Å². The van der Waals surface area contributed by atoms with Crippen LogP contribution < -0.4 is 5.32 Å². The van der Waals surface area contributed by atoms with Crippen molar-refractivity contribution < 1.29 is 9.53 Å². The number of benzene rings is 1. The molecule has 2 aliphatic rings. The number of methoxy groups -OCH3 is 1. The number of ether oxygens (including phenoxy) is 1. The largest absolute Gasteiger partial charge is 0.384 e. The topological polar surface area (TPSA) is 44.8 Å². The lowest BCUT2D eigenvalue weighted by Gasteiger charge is -2.42. The van der Waals surface area contributed by atoms with E-state index in [4.69, 9.17) is 4.74 Å². The van der Waals surface area contributed by atoms with Crippen LogP contribution in [-0.2, 0) is 16.0 Å². The van der Waals surface area contributed by atoms with Gasteiger partial charge in [0.2, 0.25) is 5.91 Å². The van der Waals surface area contributed by atoms with Crippen LogP contribution in [0.3, 0.4) is 0 Å². The van der Waals surface area contributed by atoms with E-state index in [0.717, 1.165) is 65.1 Å². The van der Waals surface area contributed by atoms with Crippen LogP contribution in [0.5, 0.6) is 0 Å². The molecule has 0 saturated carbocycles. The zero-order valence-corrected chi connectivity index (χ0v) is 15.4. The molecule has 0 aromatic heterocycles. The van der Waals surface area contributed by atoms with E-state index < -0.39 is 0 Å². The summed E-state index contributed by atoms with van der Waals surface area (Å²) in [6.07, 6.45) is 2.84. The van der Waals surface area contributed by atoms with Gasteiger partial charge in [0.25, 0.3) is 0 Å². The van der Waals surface area contributed by atoms with Gasteiger partial charge < -0.3 is 15.0 Å². The minimum Gasteiger partial charge on any atom is -0.384 e. The maximum Gasteiger partial charge on any atom is 0.231 e. The van der Waals surface area contributed by atoms with Crippen LogP contribution in [0.1, 0.15) is 18.4 Å². The molecule has 5 heteroatoms. The minimum absolute atomic E-state index is 0.304. The molecule has 0 bridgehead atoms. The Morgan fingerprint density at radius 2 is 1.80 bits per heavy atom. The van der Waals surface area contributed by atoms with Crippen LogP contribution in [0.2, 0.25) is 0 Å². The lowest BCUT2D eigenvalue weighted by molar-refractivity contribution is -0.149. The van der Waals surface area contributed by atoms with Crippen molar-refractivity contribution in [2.45, 2.75) is 19.3 Å². The van der Waals surface area contributed by atoms with Gasteiger partial charge in [-0.25, -0.2) is 0 Å². The molecule has 1 N–H and O–H groups in total. The molecule has 0 radical (unpaired) electrons. The molecule has 1 aromatic carbocycles. The summed E-state index contributed by atoms with van der Waals surface area (Å²) in [5.41, 5.74) is 1.07. The SMILES string of the molecule is COCC1(C(=O)N2CCN(CCc3ccccc3)CC2)CCNCC1. The van der Waals surface area contributed by atoms with Crippen molar-refractivity contribution in [3.63, 3.8) is 0 Å². The predicted molar refractivity (Wildman–Crippen MR) is 99.6 cm³/mol. The summed E-state index contributed by atoms with van der Waals surface area (Å²) < 4.78 is 5.42. The lowest BCUT2D eigenvalue weighted by Crippen LogP contribution is -2.56. The Kier molecular flexibility index (Phi) is 6.45. The number of carbonyl (C=O) groups is 1. The third kappa shape index (κ3) is 4.60. The van der Waals surface area contributed by atoms with Gasteiger partial charge >= 0.3 is 0 Å². The first-order valence-electron chi connectivity index (χ1n) is 9.49. The van der Waals surface area contributed by atoms with Gasteiger partial charge in [-0.3, -0.25) is 9.69 Å². The molecule has 2 saturated heterocycles. The summed E-state index contributed by atoms with van der Waals surface area (Å²) >= 11 is 0. The standard InChI is InChI=1S/C20H31N3O2/c1-25-17-20(8-10-21-11-9-20)19(24)23-15-13-22(14-16-23)12-7-18-5-3-2-4-6-18/h2-6,21H,7-17H2,1H3. The molecular weight excluding hydrogens is 314 g/mol. The van der Waals surface area contributed by atoms with Crippen LogP contribution >= 0.6 is 0 Å². The first-order chi connectivity index (χ1) is 12.2. The van der Waals surface area contributed by atoms with Gasteiger partial charge in [-0.15, -0.1) is 0 Å². The summed E-state index contributed by atoms with van der Waals surface area (Å²) in [6.45, 7) is 7.05. The Labute approximate surface area is 151 Å². The molecule has 0 atom stereocenters.